The van der Waals surface area contributed by atoms with E-state index >= 15 is 0 Å². The van der Waals surface area contributed by atoms with Crippen molar-refractivity contribution in [2.24, 2.45) is 5.92 Å². The van der Waals surface area contributed by atoms with Crippen LogP contribution in [0.15, 0.2) is 59.5 Å². The van der Waals surface area contributed by atoms with Gasteiger partial charge >= 0.3 is 0 Å². The maximum atomic E-state index is 13.5. The first-order chi connectivity index (χ1) is 16.9. The van der Waals surface area contributed by atoms with Gasteiger partial charge in [-0.05, 0) is 43.4 Å². The van der Waals surface area contributed by atoms with Gasteiger partial charge in [0.15, 0.2) is 0 Å². The molecule has 4 rings (SSSR count). The number of amides is 2. The van der Waals surface area contributed by atoms with Crippen molar-refractivity contribution in [3.8, 4) is 0 Å². The van der Waals surface area contributed by atoms with E-state index in [-0.39, 0.29) is 48.7 Å². The van der Waals surface area contributed by atoms with E-state index in [1.165, 1.54) is 4.31 Å². The zero-order valence-electron chi connectivity index (χ0n) is 20.4. The van der Waals surface area contributed by atoms with Gasteiger partial charge in [0.25, 0.3) is 0 Å². The zero-order chi connectivity index (χ0) is 24.8. The van der Waals surface area contributed by atoms with Gasteiger partial charge < -0.3 is 10.2 Å². The lowest BCUT2D eigenvalue weighted by atomic mass is 9.82. The first kappa shape index (κ1) is 25.4. The molecule has 0 spiro atoms. The number of nitrogens with one attached hydrogen (secondary N) is 1. The SMILES string of the molecule is Cc1ccc(S(=O)(=O)N2CCC(=O)N(C(C(=O)NCc3ccccc3)C3CCCCC3)CC2)cc1. The van der Waals surface area contributed by atoms with Crippen molar-refractivity contribution in [1.29, 1.82) is 0 Å². The molecule has 2 amide bonds. The minimum absolute atomic E-state index is 0.0697. The van der Waals surface area contributed by atoms with Crippen LogP contribution in [0.2, 0.25) is 0 Å². The molecule has 1 aliphatic heterocycles. The van der Waals surface area contributed by atoms with Crippen LogP contribution in [-0.2, 0) is 26.2 Å². The van der Waals surface area contributed by atoms with Gasteiger partial charge in [-0.25, -0.2) is 8.42 Å². The molecule has 1 aliphatic carbocycles. The molecule has 1 unspecified atom stereocenters. The van der Waals surface area contributed by atoms with Crippen molar-refractivity contribution in [1.82, 2.24) is 14.5 Å². The number of carbonyl (C=O) groups excluding carboxylic acids is 2. The highest BCUT2D eigenvalue weighted by molar-refractivity contribution is 7.89. The van der Waals surface area contributed by atoms with Crippen molar-refractivity contribution in [3.63, 3.8) is 0 Å². The predicted molar refractivity (Wildman–Crippen MR) is 135 cm³/mol. The summed E-state index contributed by atoms with van der Waals surface area (Å²) < 4.78 is 27.9. The quantitative estimate of drug-likeness (QED) is 0.635. The van der Waals surface area contributed by atoms with E-state index in [0.717, 1.165) is 43.2 Å². The number of rotatable bonds is 7. The molecule has 7 nitrogen and oxygen atoms in total. The number of sulfonamides is 1. The van der Waals surface area contributed by atoms with Gasteiger partial charge in [0.2, 0.25) is 21.8 Å². The van der Waals surface area contributed by atoms with Crippen LogP contribution in [0.4, 0.5) is 0 Å². The van der Waals surface area contributed by atoms with Crippen molar-refractivity contribution in [2.45, 2.75) is 62.9 Å². The molecular weight excluding hydrogens is 462 g/mol. The Hall–Kier alpha value is -2.71. The molecule has 0 bridgehead atoms. The normalized spacial score (nSPS) is 19.2. The van der Waals surface area contributed by atoms with Gasteiger partial charge in [-0.3, -0.25) is 9.59 Å². The van der Waals surface area contributed by atoms with Crippen molar-refractivity contribution < 1.29 is 18.0 Å². The maximum absolute atomic E-state index is 13.5. The van der Waals surface area contributed by atoms with E-state index in [2.05, 4.69) is 5.32 Å². The smallest absolute Gasteiger partial charge is 0.243 e. The lowest BCUT2D eigenvalue weighted by Crippen LogP contribution is -2.54. The molecule has 0 aromatic heterocycles. The second kappa shape index (κ2) is 11.4. The molecular formula is C27H35N3O4S. The molecule has 1 atom stereocenters. The van der Waals surface area contributed by atoms with E-state index in [9.17, 15) is 18.0 Å². The Morgan fingerprint density at radius 2 is 1.66 bits per heavy atom. The standard InChI is InChI=1S/C27H35N3O4S/c1-21-12-14-24(15-13-21)35(33,34)29-17-16-25(31)30(19-18-29)26(23-10-6-3-7-11-23)27(32)28-20-22-8-4-2-5-9-22/h2,4-5,8-9,12-15,23,26H,3,6-7,10-11,16-20H2,1H3,(H,28,32). The Labute approximate surface area is 208 Å². The summed E-state index contributed by atoms with van der Waals surface area (Å²) in [4.78, 5) is 28.6. The minimum atomic E-state index is -3.71. The highest BCUT2D eigenvalue weighted by atomic mass is 32.2. The van der Waals surface area contributed by atoms with E-state index in [1.54, 1.807) is 29.2 Å². The molecule has 35 heavy (non-hydrogen) atoms. The van der Waals surface area contributed by atoms with Crippen LogP contribution in [0.25, 0.3) is 0 Å². The third-order valence-corrected chi connectivity index (χ3v) is 9.07. The van der Waals surface area contributed by atoms with Gasteiger partial charge in [-0.2, -0.15) is 4.31 Å². The number of nitrogens with zero attached hydrogens (tertiary/aromatic N) is 2. The Kier molecular flexibility index (Phi) is 8.23. The Balaban J connectivity index is 1.52. The molecule has 0 radical (unpaired) electrons. The van der Waals surface area contributed by atoms with Gasteiger partial charge in [0.05, 0.1) is 4.90 Å². The predicted octanol–water partition coefficient (Wildman–Crippen LogP) is 3.48. The second-order valence-corrected chi connectivity index (χ2v) is 11.5. The summed E-state index contributed by atoms with van der Waals surface area (Å²) >= 11 is 0. The molecule has 1 N–H and O–H groups in total. The zero-order valence-corrected chi connectivity index (χ0v) is 21.2. The number of carbonyl (C=O) groups is 2. The molecule has 2 aromatic rings. The van der Waals surface area contributed by atoms with Crippen LogP contribution >= 0.6 is 0 Å². The average molecular weight is 498 g/mol. The number of hydrogen-bond donors (Lipinski definition) is 1. The first-order valence-corrected chi connectivity index (χ1v) is 14.0. The van der Waals surface area contributed by atoms with Crippen molar-refractivity contribution in [3.05, 3.63) is 65.7 Å². The third-order valence-electron chi connectivity index (χ3n) is 7.15. The van der Waals surface area contributed by atoms with E-state index in [0.29, 0.717) is 6.54 Å². The fourth-order valence-electron chi connectivity index (χ4n) is 5.16. The molecule has 188 valence electrons. The van der Waals surface area contributed by atoms with Gasteiger partial charge in [-0.15, -0.1) is 0 Å². The van der Waals surface area contributed by atoms with Crippen LogP contribution < -0.4 is 5.32 Å². The van der Waals surface area contributed by atoms with Crippen LogP contribution in [0.1, 0.15) is 49.7 Å². The summed E-state index contributed by atoms with van der Waals surface area (Å²) in [5.74, 6) is -0.218. The summed E-state index contributed by atoms with van der Waals surface area (Å²) in [5.41, 5.74) is 1.99. The Morgan fingerprint density at radius 1 is 0.971 bits per heavy atom. The van der Waals surface area contributed by atoms with E-state index in [4.69, 9.17) is 0 Å². The molecule has 1 saturated carbocycles. The highest BCUT2D eigenvalue weighted by Crippen LogP contribution is 2.31. The highest BCUT2D eigenvalue weighted by Gasteiger charge is 2.39. The van der Waals surface area contributed by atoms with E-state index in [1.807, 2.05) is 37.3 Å². The lowest BCUT2D eigenvalue weighted by molar-refractivity contribution is -0.142. The number of hydrogen-bond acceptors (Lipinski definition) is 4. The van der Waals surface area contributed by atoms with Crippen LogP contribution in [0.3, 0.4) is 0 Å². The summed E-state index contributed by atoms with van der Waals surface area (Å²) in [6, 6.07) is 15.9. The largest absolute Gasteiger partial charge is 0.350 e. The monoisotopic (exact) mass is 497 g/mol. The molecule has 8 heteroatoms. The lowest BCUT2D eigenvalue weighted by Gasteiger charge is -2.37. The molecule has 2 aromatic carbocycles. The minimum Gasteiger partial charge on any atom is -0.350 e. The number of benzene rings is 2. The topological polar surface area (TPSA) is 86.8 Å². The summed E-state index contributed by atoms with van der Waals surface area (Å²) in [7, 11) is -3.71. The fraction of sp³-hybridized carbons (Fsp3) is 0.481. The molecule has 2 fully saturated rings. The van der Waals surface area contributed by atoms with E-state index < -0.39 is 16.1 Å². The summed E-state index contributed by atoms with van der Waals surface area (Å²) in [6.07, 6.45) is 5.11. The summed E-state index contributed by atoms with van der Waals surface area (Å²) in [5, 5.41) is 3.04. The number of aryl methyl sites for hydroxylation is 1. The van der Waals surface area contributed by atoms with Crippen molar-refractivity contribution in [2.75, 3.05) is 19.6 Å². The van der Waals surface area contributed by atoms with Gasteiger partial charge in [-0.1, -0.05) is 67.3 Å². The van der Waals surface area contributed by atoms with Crippen LogP contribution in [0.5, 0.6) is 0 Å². The van der Waals surface area contributed by atoms with Crippen molar-refractivity contribution >= 4 is 21.8 Å². The third kappa shape index (κ3) is 6.11. The summed E-state index contributed by atoms with van der Waals surface area (Å²) in [6.45, 7) is 2.82. The fourth-order valence-corrected chi connectivity index (χ4v) is 6.60. The second-order valence-electron chi connectivity index (χ2n) is 9.60. The maximum Gasteiger partial charge on any atom is 0.243 e. The Bertz CT molecular complexity index is 1110. The molecule has 2 aliphatic rings. The van der Waals surface area contributed by atoms with Crippen LogP contribution in [0, 0.1) is 12.8 Å². The molecule has 1 heterocycles. The Morgan fingerprint density at radius 3 is 2.34 bits per heavy atom. The van der Waals surface area contributed by atoms with Crippen LogP contribution in [-0.4, -0.2) is 55.1 Å². The first-order valence-electron chi connectivity index (χ1n) is 12.5. The van der Waals surface area contributed by atoms with Gasteiger partial charge in [0.1, 0.15) is 6.04 Å². The molecule has 1 saturated heterocycles. The average Bonchev–Trinajstić information content (AvgIpc) is 3.07. The van der Waals surface area contributed by atoms with Gasteiger partial charge in [0, 0.05) is 32.6 Å².